The molecule has 1 aromatic heterocycles. The first-order valence-corrected chi connectivity index (χ1v) is 8.14. The number of fused-ring (bicyclic) bond motifs is 1. The van der Waals surface area contributed by atoms with Crippen LogP contribution in [-0.2, 0) is 6.42 Å². The van der Waals surface area contributed by atoms with E-state index in [2.05, 4.69) is 21.7 Å². The van der Waals surface area contributed by atoms with Crippen molar-refractivity contribution in [3.8, 4) is 0 Å². The lowest BCUT2D eigenvalue weighted by atomic mass is 10.1. The Labute approximate surface area is 133 Å². The second-order valence-electron chi connectivity index (χ2n) is 4.95. The Hall–Kier alpha value is -2.27. The number of amides is 1. The molecule has 22 heavy (non-hydrogen) atoms. The van der Waals surface area contributed by atoms with Gasteiger partial charge in [0.15, 0.2) is 0 Å². The van der Waals surface area contributed by atoms with Gasteiger partial charge in [0.05, 0.1) is 11.4 Å². The van der Waals surface area contributed by atoms with Gasteiger partial charge in [0.1, 0.15) is 4.88 Å². The maximum Gasteiger partial charge on any atom is 0.271 e. The van der Waals surface area contributed by atoms with Gasteiger partial charge in [0.2, 0.25) is 0 Å². The van der Waals surface area contributed by atoms with E-state index in [9.17, 15) is 4.79 Å². The molecule has 1 heterocycles. The highest BCUT2D eigenvalue weighted by Crippen LogP contribution is 2.28. The van der Waals surface area contributed by atoms with E-state index in [-0.39, 0.29) is 5.91 Å². The van der Waals surface area contributed by atoms with Gasteiger partial charge in [-0.15, -0.1) is 5.10 Å². The van der Waals surface area contributed by atoms with Crippen molar-refractivity contribution in [1.82, 2.24) is 9.59 Å². The van der Waals surface area contributed by atoms with E-state index in [1.807, 2.05) is 44.2 Å². The monoisotopic (exact) mass is 311 g/mol. The average molecular weight is 311 g/mol. The summed E-state index contributed by atoms with van der Waals surface area (Å²) in [6, 6.07) is 14.1. The lowest BCUT2D eigenvalue weighted by Crippen LogP contribution is -2.30. The molecule has 0 spiro atoms. The summed E-state index contributed by atoms with van der Waals surface area (Å²) in [5, 5.41) is 6.26. The zero-order valence-electron chi connectivity index (χ0n) is 12.6. The SMILES string of the molecule is CCc1nnsc1C(=O)N(CC)c1cccc2ccccc12. The molecule has 3 rings (SSSR count). The summed E-state index contributed by atoms with van der Waals surface area (Å²) in [5.74, 6) is -0.0225. The minimum atomic E-state index is -0.0225. The lowest BCUT2D eigenvalue weighted by Gasteiger charge is -2.22. The van der Waals surface area contributed by atoms with Gasteiger partial charge in [-0.05, 0) is 36.3 Å². The molecule has 0 N–H and O–H groups in total. The van der Waals surface area contributed by atoms with Crippen molar-refractivity contribution < 1.29 is 4.79 Å². The van der Waals surface area contributed by atoms with Crippen molar-refractivity contribution in [3.63, 3.8) is 0 Å². The molecule has 5 heteroatoms. The van der Waals surface area contributed by atoms with Gasteiger partial charge in [-0.1, -0.05) is 47.8 Å². The maximum atomic E-state index is 12.9. The highest BCUT2D eigenvalue weighted by Gasteiger charge is 2.23. The predicted molar refractivity (Wildman–Crippen MR) is 90.6 cm³/mol. The predicted octanol–water partition coefficient (Wildman–Crippen LogP) is 3.92. The molecule has 0 unspecified atom stereocenters. The zero-order chi connectivity index (χ0) is 15.5. The molecule has 0 aliphatic heterocycles. The molecule has 4 nitrogen and oxygen atoms in total. The molecule has 0 fully saturated rings. The standard InChI is InChI=1S/C17H17N3OS/c1-3-14-16(22-19-18-14)17(21)20(4-2)15-11-7-9-12-8-5-6-10-13(12)15/h5-11H,3-4H2,1-2H3. The van der Waals surface area contributed by atoms with E-state index in [1.54, 1.807) is 4.90 Å². The first-order valence-electron chi connectivity index (χ1n) is 7.37. The summed E-state index contributed by atoms with van der Waals surface area (Å²) < 4.78 is 3.93. The Morgan fingerprint density at radius 1 is 1.14 bits per heavy atom. The fraction of sp³-hybridized carbons (Fsp3) is 0.235. The summed E-state index contributed by atoms with van der Waals surface area (Å²) in [6.45, 7) is 4.58. The number of aromatic nitrogens is 2. The van der Waals surface area contributed by atoms with Crippen molar-refractivity contribution in [2.75, 3.05) is 11.4 Å². The van der Waals surface area contributed by atoms with Crippen LogP contribution in [-0.4, -0.2) is 22.0 Å². The molecule has 0 bridgehead atoms. The van der Waals surface area contributed by atoms with Crippen molar-refractivity contribution in [3.05, 3.63) is 53.0 Å². The van der Waals surface area contributed by atoms with Gasteiger partial charge in [-0.25, -0.2) is 0 Å². The number of anilines is 1. The van der Waals surface area contributed by atoms with Crippen LogP contribution in [0.15, 0.2) is 42.5 Å². The van der Waals surface area contributed by atoms with Crippen LogP contribution in [0.5, 0.6) is 0 Å². The second kappa shape index (κ2) is 6.23. The van der Waals surface area contributed by atoms with E-state index in [0.29, 0.717) is 17.8 Å². The molecule has 2 aromatic carbocycles. The summed E-state index contributed by atoms with van der Waals surface area (Å²) in [4.78, 5) is 15.4. The molecular weight excluding hydrogens is 294 g/mol. The minimum Gasteiger partial charge on any atom is -0.307 e. The second-order valence-corrected chi connectivity index (χ2v) is 5.70. The van der Waals surface area contributed by atoms with Gasteiger partial charge in [0.25, 0.3) is 5.91 Å². The van der Waals surface area contributed by atoms with E-state index in [4.69, 9.17) is 0 Å². The molecule has 0 saturated carbocycles. The number of carbonyl (C=O) groups is 1. The van der Waals surface area contributed by atoms with Crippen molar-refractivity contribution >= 4 is 33.9 Å². The smallest absolute Gasteiger partial charge is 0.271 e. The minimum absolute atomic E-state index is 0.0225. The van der Waals surface area contributed by atoms with Crippen LogP contribution in [0, 0.1) is 0 Å². The van der Waals surface area contributed by atoms with Gasteiger partial charge in [0, 0.05) is 11.9 Å². The van der Waals surface area contributed by atoms with Gasteiger partial charge in [-0.3, -0.25) is 4.79 Å². The maximum absolute atomic E-state index is 12.9. The fourth-order valence-corrected chi connectivity index (χ4v) is 3.29. The van der Waals surface area contributed by atoms with Crippen LogP contribution in [0.25, 0.3) is 10.8 Å². The number of benzene rings is 2. The molecule has 112 valence electrons. The Bertz CT molecular complexity index is 807. The number of aryl methyl sites for hydroxylation is 1. The molecule has 1 amide bonds. The van der Waals surface area contributed by atoms with Crippen LogP contribution in [0.1, 0.15) is 29.2 Å². The first kappa shape index (κ1) is 14.7. The van der Waals surface area contributed by atoms with E-state index < -0.39 is 0 Å². The number of hydrogen-bond donors (Lipinski definition) is 0. The number of carbonyl (C=O) groups excluding carboxylic acids is 1. The molecule has 0 aliphatic rings. The van der Waals surface area contributed by atoms with E-state index in [0.717, 1.165) is 22.2 Å². The van der Waals surface area contributed by atoms with Crippen molar-refractivity contribution in [2.24, 2.45) is 0 Å². The average Bonchev–Trinajstić information content (AvgIpc) is 3.04. The summed E-state index contributed by atoms with van der Waals surface area (Å²) in [5.41, 5.74) is 1.70. The Morgan fingerprint density at radius 2 is 1.91 bits per heavy atom. The van der Waals surface area contributed by atoms with Crippen molar-refractivity contribution in [1.29, 1.82) is 0 Å². The number of nitrogens with zero attached hydrogens (tertiary/aromatic N) is 3. The normalized spacial score (nSPS) is 10.8. The highest BCUT2D eigenvalue weighted by molar-refractivity contribution is 7.08. The van der Waals surface area contributed by atoms with E-state index in [1.165, 1.54) is 11.5 Å². The number of rotatable bonds is 4. The van der Waals surface area contributed by atoms with Gasteiger partial charge < -0.3 is 4.90 Å². The third-order valence-electron chi connectivity index (χ3n) is 3.70. The van der Waals surface area contributed by atoms with Crippen molar-refractivity contribution in [2.45, 2.75) is 20.3 Å². The molecular formula is C17H17N3OS. The lowest BCUT2D eigenvalue weighted by molar-refractivity contribution is 0.0991. The molecule has 3 aromatic rings. The molecule has 0 atom stereocenters. The van der Waals surface area contributed by atoms with Crippen LogP contribution >= 0.6 is 11.5 Å². The van der Waals surface area contributed by atoms with Crippen LogP contribution in [0.3, 0.4) is 0 Å². The summed E-state index contributed by atoms with van der Waals surface area (Å²) in [7, 11) is 0. The molecule has 0 aliphatic carbocycles. The third-order valence-corrected chi connectivity index (χ3v) is 4.46. The largest absolute Gasteiger partial charge is 0.307 e. The van der Waals surface area contributed by atoms with Crippen LogP contribution in [0.2, 0.25) is 0 Å². The Morgan fingerprint density at radius 3 is 2.68 bits per heavy atom. The molecule has 0 saturated heterocycles. The third kappa shape index (κ3) is 2.48. The summed E-state index contributed by atoms with van der Waals surface area (Å²) >= 11 is 1.17. The van der Waals surface area contributed by atoms with Gasteiger partial charge >= 0.3 is 0 Å². The Balaban J connectivity index is 2.09. The number of hydrogen-bond acceptors (Lipinski definition) is 4. The zero-order valence-corrected chi connectivity index (χ0v) is 13.4. The topological polar surface area (TPSA) is 46.1 Å². The summed E-state index contributed by atoms with van der Waals surface area (Å²) in [6.07, 6.45) is 0.713. The Kier molecular flexibility index (Phi) is 4.15. The van der Waals surface area contributed by atoms with Crippen LogP contribution in [0.4, 0.5) is 5.69 Å². The first-order chi connectivity index (χ1) is 10.8. The van der Waals surface area contributed by atoms with E-state index >= 15 is 0 Å². The fourth-order valence-electron chi connectivity index (χ4n) is 2.59. The molecule has 0 radical (unpaired) electrons. The van der Waals surface area contributed by atoms with Crippen LogP contribution < -0.4 is 4.90 Å². The van der Waals surface area contributed by atoms with Gasteiger partial charge in [-0.2, -0.15) is 0 Å². The highest BCUT2D eigenvalue weighted by atomic mass is 32.1. The quantitative estimate of drug-likeness (QED) is 0.733.